The molecule has 0 aliphatic carbocycles. The molecule has 1 aliphatic heterocycles. The van der Waals surface area contributed by atoms with Crippen LogP contribution in [0.4, 0.5) is 8.78 Å². The minimum atomic E-state index is -1.08. The number of amides is 1. The molecule has 2 nitrogen and oxygen atoms in total. The fourth-order valence-corrected chi connectivity index (χ4v) is 2.43. The van der Waals surface area contributed by atoms with E-state index in [2.05, 4.69) is 0 Å². The van der Waals surface area contributed by atoms with Crippen molar-refractivity contribution >= 4 is 17.5 Å². The van der Waals surface area contributed by atoms with Crippen LogP contribution in [0.5, 0.6) is 0 Å². The molecule has 1 saturated heterocycles. The molecule has 1 amide bonds. The highest BCUT2D eigenvalue weighted by Gasteiger charge is 2.27. The van der Waals surface area contributed by atoms with E-state index in [1.807, 2.05) is 0 Å². The fraction of sp³-hybridized carbons (Fsp3) is 0.462. The summed E-state index contributed by atoms with van der Waals surface area (Å²) < 4.78 is 26.3. The zero-order chi connectivity index (χ0) is 13.1. The molecular weight excluding hydrogens is 260 g/mol. The molecule has 98 valence electrons. The van der Waals surface area contributed by atoms with Crippen molar-refractivity contribution in [2.45, 2.75) is 24.6 Å². The zero-order valence-electron chi connectivity index (χ0n) is 9.83. The van der Waals surface area contributed by atoms with E-state index in [4.69, 9.17) is 11.6 Å². The summed E-state index contributed by atoms with van der Waals surface area (Å²) in [6.45, 7) is 1.32. The highest BCUT2D eigenvalue weighted by atomic mass is 35.5. The number of piperidine rings is 1. The lowest BCUT2D eigenvalue weighted by molar-refractivity contribution is -0.131. The molecule has 2 rings (SSSR count). The summed E-state index contributed by atoms with van der Waals surface area (Å²) in [5, 5.41) is -1.08. The third kappa shape index (κ3) is 2.80. The molecule has 1 aromatic carbocycles. The Morgan fingerprint density at radius 3 is 2.50 bits per heavy atom. The number of carbonyl (C=O) groups excluding carboxylic acids is 1. The number of halogens is 3. The Kier molecular flexibility index (Phi) is 4.17. The van der Waals surface area contributed by atoms with Crippen LogP contribution in [0.1, 0.15) is 30.2 Å². The Balaban J connectivity index is 2.14. The molecule has 0 bridgehead atoms. The molecule has 0 spiro atoms. The number of nitrogens with zero attached hydrogens (tertiary/aromatic N) is 1. The van der Waals surface area contributed by atoms with Gasteiger partial charge < -0.3 is 4.90 Å². The molecule has 1 aromatic rings. The van der Waals surface area contributed by atoms with Gasteiger partial charge in [0.1, 0.15) is 17.0 Å². The van der Waals surface area contributed by atoms with Crippen molar-refractivity contribution in [3.8, 4) is 0 Å². The topological polar surface area (TPSA) is 20.3 Å². The lowest BCUT2D eigenvalue weighted by Gasteiger charge is -2.28. The van der Waals surface area contributed by atoms with Gasteiger partial charge in [0.05, 0.1) is 0 Å². The van der Waals surface area contributed by atoms with Crippen LogP contribution >= 0.6 is 11.6 Å². The molecule has 1 atom stereocenters. The predicted octanol–water partition coefficient (Wildman–Crippen LogP) is 3.26. The van der Waals surface area contributed by atoms with Crippen molar-refractivity contribution in [3.63, 3.8) is 0 Å². The normalized spacial score (nSPS) is 17.6. The molecule has 0 radical (unpaired) electrons. The number of rotatable bonds is 2. The lowest BCUT2D eigenvalue weighted by atomic mass is 10.1. The second-order valence-electron chi connectivity index (χ2n) is 4.41. The van der Waals surface area contributed by atoms with Crippen molar-refractivity contribution in [1.29, 1.82) is 0 Å². The van der Waals surface area contributed by atoms with Crippen LogP contribution < -0.4 is 0 Å². The summed E-state index contributed by atoms with van der Waals surface area (Å²) in [5.41, 5.74) is 0.0358. The van der Waals surface area contributed by atoms with Gasteiger partial charge in [-0.15, -0.1) is 11.6 Å². The maximum atomic E-state index is 13.5. The summed E-state index contributed by atoms with van der Waals surface area (Å²) in [7, 11) is 0. The molecule has 0 aromatic heterocycles. The van der Waals surface area contributed by atoms with Crippen LogP contribution in [0.2, 0.25) is 0 Å². The number of hydrogen-bond acceptors (Lipinski definition) is 1. The summed E-state index contributed by atoms with van der Waals surface area (Å²) in [6, 6.07) is 3.08. The van der Waals surface area contributed by atoms with Gasteiger partial charge in [0.15, 0.2) is 0 Å². The monoisotopic (exact) mass is 273 g/mol. The van der Waals surface area contributed by atoms with E-state index in [1.54, 1.807) is 4.90 Å². The van der Waals surface area contributed by atoms with Crippen molar-refractivity contribution in [3.05, 3.63) is 35.4 Å². The zero-order valence-corrected chi connectivity index (χ0v) is 10.6. The maximum Gasteiger partial charge on any atom is 0.245 e. The predicted molar refractivity (Wildman–Crippen MR) is 65.4 cm³/mol. The molecule has 5 heteroatoms. The summed E-state index contributed by atoms with van der Waals surface area (Å²) >= 11 is 5.99. The van der Waals surface area contributed by atoms with E-state index >= 15 is 0 Å². The van der Waals surface area contributed by atoms with Gasteiger partial charge in [-0.1, -0.05) is 6.07 Å². The fourth-order valence-electron chi connectivity index (χ4n) is 2.11. The van der Waals surface area contributed by atoms with E-state index < -0.39 is 17.0 Å². The minimum Gasteiger partial charge on any atom is -0.341 e. The molecule has 0 saturated carbocycles. The number of likely N-dealkylation sites (tertiary alicyclic amines) is 1. The van der Waals surface area contributed by atoms with E-state index in [9.17, 15) is 13.6 Å². The standard InChI is InChI=1S/C13H14ClF2NO/c14-12(10-5-4-9(15)8-11(10)16)13(18)17-6-2-1-3-7-17/h4-5,8,12H,1-3,6-7H2. The first-order valence-electron chi connectivity index (χ1n) is 5.97. The molecular formula is C13H14ClF2NO. The second-order valence-corrected chi connectivity index (χ2v) is 4.85. The maximum absolute atomic E-state index is 13.5. The van der Waals surface area contributed by atoms with Crippen LogP contribution in [0.25, 0.3) is 0 Å². The molecule has 0 N–H and O–H groups in total. The largest absolute Gasteiger partial charge is 0.341 e. The van der Waals surface area contributed by atoms with Crippen LogP contribution in [-0.2, 0) is 4.79 Å². The van der Waals surface area contributed by atoms with Gasteiger partial charge in [-0.05, 0) is 25.3 Å². The van der Waals surface area contributed by atoms with Crippen LogP contribution in [0.3, 0.4) is 0 Å². The molecule has 1 aliphatic rings. The third-order valence-electron chi connectivity index (χ3n) is 3.12. The van der Waals surface area contributed by atoms with Gasteiger partial charge in [-0.25, -0.2) is 8.78 Å². The lowest BCUT2D eigenvalue weighted by Crippen LogP contribution is -2.37. The SMILES string of the molecule is O=C(C(Cl)c1ccc(F)cc1F)N1CCCCC1. The van der Waals surface area contributed by atoms with Gasteiger partial charge in [0.2, 0.25) is 5.91 Å². The quantitative estimate of drug-likeness (QED) is 0.758. The first kappa shape index (κ1) is 13.3. The van der Waals surface area contributed by atoms with Gasteiger partial charge in [0.25, 0.3) is 0 Å². The summed E-state index contributed by atoms with van der Waals surface area (Å²) in [6.07, 6.45) is 2.99. The van der Waals surface area contributed by atoms with Gasteiger partial charge >= 0.3 is 0 Å². The molecule has 1 heterocycles. The summed E-state index contributed by atoms with van der Waals surface area (Å²) in [4.78, 5) is 13.7. The minimum absolute atomic E-state index is 0.0358. The van der Waals surface area contributed by atoms with Crippen molar-refractivity contribution in [1.82, 2.24) is 4.90 Å². The van der Waals surface area contributed by atoms with Gasteiger partial charge in [0, 0.05) is 24.7 Å². The highest BCUT2D eigenvalue weighted by molar-refractivity contribution is 6.30. The number of benzene rings is 1. The van der Waals surface area contributed by atoms with E-state index in [-0.39, 0.29) is 11.5 Å². The smallest absolute Gasteiger partial charge is 0.245 e. The summed E-state index contributed by atoms with van der Waals surface area (Å²) in [5.74, 6) is -1.76. The Hall–Kier alpha value is -1.16. The average molecular weight is 274 g/mol. The van der Waals surface area contributed by atoms with Crippen molar-refractivity contribution in [2.75, 3.05) is 13.1 Å². The third-order valence-corrected chi connectivity index (χ3v) is 3.54. The Bertz CT molecular complexity index is 447. The Morgan fingerprint density at radius 2 is 1.89 bits per heavy atom. The highest BCUT2D eigenvalue weighted by Crippen LogP contribution is 2.27. The van der Waals surface area contributed by atoms with E-state index in [1.165, 1.54) is 6.07 Å². The second kappa shape index (κ2) is 5.65. The first-order chi connectivity index (χ1) is 8.59. The van der Waals surface area contributed by atoms with E-state index in [0.717, 1.165) is 31.4 Å². The number of hydrogen-bond donors (Lipinski definition) is 0. The van der Waals surface area contributed by atoms with Crippen molar-refractivity contribution < 1.29 is 13.6 Å². The molecule has 1 fully saturated rings. The Labute approximate surface area is 110 Å². The van der Waals surface area contributed by atoms with Crippen LogP contribution in [0, 0.1) is 11.6 Å². The van der Waals surface area contributed by atoms with E-state index in [0.29, 0.717) is 13.1 Å². The first-order valence-corrected chi connectivity index (χ1v) is 6.41. The molecule has 18 heavy (non-hydrogen) atoms. The van der Waals surface area contributed by atoms with Crippen LogP contribution in [-0.4, -0.2) is 23.9 Å². The molecule has 1 unspecified atom stereocenters. The van der Waals surface area contributed by atoms with Crippen molar-refractivity contribution in [2.24, 2.45) is 0 Å². The van der Waals surface area contributed by atoms with Crippen LogP contribution in [0.15, 0.2) is 18.2 Å². The van der Waals surface area contributed by atoms with Gasteiger partial charge in [-0.3, -0.25) is 4.79 Å². The number of carbonyl (C=O) groups is 1. The van der Waals surface area contributed by atoms with Gasteiger partial charge in [-0.2, -0.15) is 0 Å². The average Bonchev–Trinajstić information content (AvgIpc) is 2.38. The Morgan fingerprint density at radius 1 is 1.22 bits per heavy atom. The number of alkyl halides is 1.